The van der Waals surface area contributed by atoms with Crippen molar-refractivity contribution in [1.29, 1.82) is 0 Å². The molecule has 2 aromatic rings. The fourth-order valence-electron chi connectivity index (χ4n) is 1.99. The number of ether oxygens (including phenoxy) is 1. The number of esters is 1. The fourth-order valence-corrected chi connectivity index (χ4v) is 3.00. The summed E-state index contributed by atoms with van der Waals surface area (Å²) < 4.78 is 55.1. The zero-order valence-corrected chi connectivity index (χ0v) is 14.1. The molecule has 142 valence electrons. The number of nitrogens with zero attached hydrogens (tertiary/aromatic N) is 1. The number of aldehydes is 1. The van der Waals surface area contributed by atoms with Crippen molar-refractivity contribution >= 4 is 28.7 Å². The van der Waals surface area contributed by atoms with Crippen LogP contribution in [0.1, 0.15) is 15.9 Å². The number of nitro benzene ring substituents is 1. The first-order valence-corrected chi connectivity index (χ1v) is 8.43. The zero-order chi connectivity index (χ0) is 20.2. The minimum atomic E-state index is -4.81. The van der Waals surface area contributed by atoms with Crippen molar-refractivity contribution in [3.05, 3.63) is 63.7 Å². The van der Waals surface area contributed by atoms with Gasteiger partial charge in [-0.25, -0.2) is 0 Å². The van der Waals surface area contributed by atoms with E-state index < -0.39 is 49.8 Å². The molecule has 2 aromatic carbocycles. The molecule has 7 nitrogen and oxygen atoms in total. The van der Waals surface area contributed by atoms with Crippen LogP contribution in [0, 0.1) is 10.1 Å². The molecule has 0 bridgehead atoms. The molecule has 0 fully saturated rings. The molecule has 0 aliphatic heterocycles. The predicted molar refractivity (Wildman–Crippen MR) is 86.8 cm³/mol. The number of carbonyl (C=O) groups is 2. The van der Waals surface area contributed by atoms with E-state index in [1.54, 1.807) is 0 Å². The standard InChI is InChI=1S/C16H10F3NO6S/c17-16(18,19)11-3-6-14(13(7-11)20(23)24)27(25)9-15(22)26-12-4-1-10(8-21)2-5-12/h1-8H,9H2. The van der Waals surface area contributed by atoms with Gasteiger partial charge in [0.2, 0.25) is 0 Å². The first kappa shape index (κ1) is 20.2. The summed E-state index contributed by atoms with van der Waals surface area (Å²) in [5, 5.41) is 11.0. The molecule has 11 heteroatoms. The fraction of sp³-hybridized carbons (Fsp3) is 0.125. The molecule has 0 N–H and O–H groups in total. The Morgan fingerprint density at radius 1 is 1.19 bits per heavy atom. The Morgan fingerprint density at radius 3 is 2.33 bits per heavy atom. The molecular formula is C16H10F3NO6S. The van der Waals surface area contributed by atoms with Crippen LogP contribution in [-0.4, -0.2) is 27.1 Å². The summed E-state index contributed by atoms with van der Waals surface area (Å²) in [6.45, 7) is 0. The van der Waals surface area contributed by atoms with Gasteiger partial charge in [-0.15, -0.1) is 0 Å². The SMILES string of the molecule is O=Cc1ccc(OC(=O)CS(=O)c2ccc(C(F)(F)F)cc2[N+](=O)[O-])cc1. The van der Waals surface area contributed by atoms with Crippen LogP contribution in [0.5, 0.6) is 5.75 Å². The third-order valence-electron chi connectivity index (χ3n) is 3.23. The molecule has 2 rings (SSSR count). The Bertz CT molecular complexity index is 911. The monoisotopic (exact) mass is 401 g/mol. The van der Waals surface area contributed by atoms with E-state index in [0.29, 0.717) is 24.0 Å². The van der Waals surface area contributed by atoms with Crippen LogP contribution in [0.25, 0.3) is 0 Å². The Morgan fingerprint density at radius 2 is 1.81 bits per heavy atom. The first-order chi connectivity index (χ1) is 12.6. The summed E-state index contributed by atoms with van der Waals surface area (Å²) >= 11 is 0. The van der Waals surface area contributed by atoms with Crippen molar-refractivity contribution in [2.45, 2.75) is 11.1 Å². The number of benzene rings is 2. The van der Waals surface area contributed by atoms with Gasteiger partial charge in [-0.2, -0.15) is 13.2 Å². The molecule has 0 aliphatic rings. The highest BCUT2D eigenvalue weighted by Crippen LogP contribution is 2.34. The number of carbonyl (C=O) groups excluding carboxylic acids is 2. The number of rotatable bonds is 6. The Labute approximate surface area is 152 Å². The summed E-state index contributed by atoms with van der Waals surface area (Å²) in [6, 6.07) is 6.86. The summed E-state index contributed by atoms with van der Waals surface area (Å²) in [7, 11) is -2.30. The Hall–Kier alpha value is -3.08. The van der Waals surface area contributed by atoms with Crippen LogP contribution in [0.4, 0.5) is 18.9 Å². The molecule has 0 aromatic heterocycles. The molecule has 1 atom stereocenters. The Balaban J connectivity index is 2.17. The largest absolute Gasteiger partial charge is 0.426 e. The molecule has 0 aliphatic carbocycles. The maximum absolute atomic E-state index is 12.7. The lowest BCUT2D eigenvalue weighted by Crippen LogP contribution is -2.18. The average molecular weight is 401 g/mol. The molecule has 0 radical (unpaired) electrons. The van der Waals surface area contributed by atoms with E-state index in [4.69, 9.17) is 4.74 Å². The summed E-state index contributed by atoms with van der Waals surface area (Å²) in [4.78, 5) is 31.7. The van der Waals surface area contributed by atoms with Gasteiger partial charge in [0, 0.05) is 11.6 Å². The number of alkyl halides is 3. The van der Waals surface area contributed by atoms with Crippen molar-refractivity contribution in [3.8, 4) is 5.75 Å². The van der Waals surface area contributed by atoms with E-state index in [1.165, 1.54) is 24.3 Å². The van der Waals surface area contributed by atoms with Gasteiger partial charge in [-0.05, 0) is 36.4 Å². The third-order valence-corrected chi connectivity index (χ3v) is 4.56. The smallest absolute Gasteiger partial charge is 0.416 e. The molecule has 0 amide bonds. The van der Waals surface area contributed by atoms with E-state index in [1.807, 2.05) is 0 Å². The number of hydrogen-bond acceptors (Lipinski definition) is 6. The number of hydrogen-bond donors (Lipinski definition) is 0. The van der Waals surface area contributed by atoms with Crippen molar-refractivity contribution < 1.29 is 36.6 Å². The van der Waals surface area contributed by atoms with Crippen molar-refractivity contribution in [2.75, 3.05) is 5.75 Å². The van der Waals surface area contributed by atoms with E-state index in [2.05, 4.69) is 0 Å². The quantitative estimate of drug-likeness (QED) is 0.242. The molecule has 27 heavy (non-hydrogen) atoms. The van der Waals surface area contributed by atoms with Crippen LogP contribution in [-0.2, 0) is 21.8 Å². The number of halogens is 3. The average Bonchev–Trinajstić information content (AvgIpc) is 2.60. The van der Waals surface area contributed by atoms with Crippen LogP contribution in [0.15, 0.2) is 47.4 Å². The van der Waals surface area contributed by atoms with Gasteiger partial charge in [0.25, 0.3) is 5.69 Å². The van der Waals surface area contributed by atoms with Crippen molar-refractivity contribution in [3.63, 3.8) is 0 Å². The second kappa shape index (κ2) is 8.08. The van der Waals surface area contributed by atoms with Crippen LogP contribution < -0.4 is 4.74 Å². The zero-order valence-electron chi connectivity index (χ0n) is 13.3. The summed E-state index contributed by atoms with van der Waals surface area (Å²) in [5.74, 6) is -1.77. The molecule has 0 heterocycles. The van der Waals surface area contributed by atoms with Gasteiger partial charge in [-0.1, -0.05) is 0 Å². The van der Waals surface area contributed by atoms with E-state index >= 15 is 0 Å². The lowest BCUT2D eigenvalue weighted by molar-refractivity contribution is -0.388. The van der Waals surface area contributed by atoms with Gasteiger partial charge < -0.3 is 4.74 Å². The van der Waals surface area contributed by atoms with Gasteiger partial charge in [0.1, 0.15) is 22.7 Å². The van der Waals surface area contributed by atoms with E-state index in [0.717, 1.165) is 0 Å². The summed E-state index contributed by atoms with van der Waals surface area (Å²) in [6.07, 6.45) is -4.23. The predicted octanol–water partition coefficient (Wildman–Crippen LogP) is 3.14. The molecule has 0 spiro atoms. The molecular weight excluding hydrogens is 391 g/mol. The summed E-state index contributed by atoms with van der Waals surface area (Å²) in [5.41, 5.74) is -1.95. The molecule has 1 unspecified atom stereocenters. The minimum Gasteiger partial charge on any atom is -0.426 e. The highest BCUT2D eigenvalue weighted by Gasteiger charge is 2.34. The van der Waals surface area contributed by atoms with Crippen LogP contribution in [0.3, 0.4) is 0 Å². The van der Waals surface area contributed by atoms with Crippen LogP contribution >= 0.6 is 0 Å². The van der Waals surface area contributed by atoms with Crippen LogP contribution in [0.2, 0.25) is 0 Å². The topological polar surface area (TPSA) is 104 Å². The normalized spacial score (nSPS) is 12.3. The van der Waals surface area contributed by atoms with Gasteiger partial charge in [0.15, 0.2) is 0 Å². The second-order valence-corrected chi connectivity index (χ2v) is 6.51. The lowest BCUT2D eigenvalue weighted by atomic mass is 10.2. The highest BCUT2D eigenvalue weighted by atomic mass is 32.2. The highest BCUT2D eigenvalue weighted by molar-refractivity contribution is 7.85. The maximum Gasteiger partial charge on any atom is 0.416 e. The van der Waals surface area contributed by atoms with Crippen molar-refractivity contribution in [1.82, 2.24) is 0 Å². The van der Waals surface area contributed by atoms with E-state index in [9.17, 15) is 37.1 Å². The maximum atomic E-state index is 12.7. The lowest BCUT2D eigenvalue weighted by Gasteiger charge is -2.09. The first-order valence-electron chi connectivity index (χ1n) is 7.11. The van der Waals surface area contributed by atoms with Gasteiger partial charge in [-0.3, -0.25) is 23.9 Å². The second-order valence-electron chi connectivity index (χ2n) is 5.09. The van der Waals surface area contributed by atoms with Gasteiger partial charge in [0.05, 0.1) is 21.3 Å². The molecule has 0 saturated carbocycles. The Kier molecular flexibility index (Phi) is 6.05. The van der Waals surface area contributed by atoms with E-state index in [-0.39, 0.29) is 11.8 Å². The minimum absolute atomic E-state index is 0.0459. The van der Waals surface area contributed by atoms with Gasteiger partial charge >= 0.3 is 12.1 Å². The van der Waals surface area contributed by atoms with Crippen molar-refractivity contribution in [2.24, 2.45) is 0 Å². The number of nitro groups is 1. The molecule has 0 saturated heterocycles. The third kappa shape index (κ3) is 5.20.